The molecule has 0 fully saturated rings. The summed E-state index contributed by atoms with van der Waals surface area (Å²) in [6.45, 7) is 2.76. The average molecular weight is 383 g/mol. The zero-order valence-electron chi connectivity index (χ0n) is 16.1. The molecule has 2 aromatic carbocycles. The largest absolute Gasteiger partial charge is 0.383 e. The Balaban J connectivity index is 1.45. The molecule has 0 spiro atoms. The molecule has 144 valence electrons. The van der Waals surface area contributed by atoms with Crippen molar-refractivity contribution in [3.05, 3.63) is 71.7 Å². The predicted octanol–water partition coefficient (Wildman–Crippen LogP) is 3.65. The maximum atomic E-state index is 12.9. The van der Waals surface area contributed by atoms with Gasteiger partial charge in [-0.05, 0) is 42.2 Å². The van der Waals surface area contributed by atoms with Crippen molar-refractivity contribution in [1.29, 1.82) is 0 Å². The van der Waals surface area contributed by atoms with Crippen LogP contribution in [0.2, 0.25) is 0 Å². The van der Waals surface area contributed by atoms with Crippen LogP contribution < -0.4 is 10.6 Å². The fraction of sp³-hybridized carbons (Fsp3) is 0.174. The number of nitrogens with two attached hydrogens (primary N) is 1. The Morgan fingerprint density at radius 2 is 2.10 bits per heavy atom. The van der Waals surface area contributed by atoms with E-state index in [4.69, 9.17) is 5.73 Å². The number of benzene rings is 2. The zero-order chi connectivity index (χ0) is 20.0. The highest BCUT2D eigenvalue weighted by molar-refractivity contribution is 6.01. The van der Waals surface area contributed by atoms with Gasteiger partial charge in [0.2, 0.25) is 5.91 Å². The fourth-order valence-corrected chi connectivity index (χ4v) is 4.14. The molecular weight excluding hydrogens is 362 g/mol. The molecule has 0 aliphatic carbocycles. The Hall–Kier alpha value is -3.67. The van der Waals surface area contributed by atoms with Gasteiger partial charge in [0.05, 0.1) is 11.8 Å². The summed E-state index contributed by atoms with van der Waals surface area (Å²) in [4.78, 5) is 26.3. The molecule has 29 heavy (non-hydrogen) atoms. The third kappa shape index (κ3) is 3.02. The molecule has 3 heterocycles. The lowest BCUT2D eigenvalue weighted by Gasteiger charge is -2.18. The van der Waals surface area contributed by atoms with E-state index in [2.05, 4.69) is 27.1 Å². The number of aromatic nitrogens is 3. The van der Waals surface area contributed by atoms with Gasteiger partial charge in [0.25, 0.3) is 0 Å². The SMILES string of the molecule is Cc1cccc(CC(=O)N2CCc3cc(-c4c[nH]c5ncnc(N)c45)ccc32)c1. The van der Waals surface area contributed by atoms with Crippen LogP contribution in [0.4, 0.5) is 11.5 Å². The third-order valence-corrected chi connectivity index (χ3v) is 5.52. The molecule has 0 atom stereocenters. The number of aryl methyl sites for hydroxylation is 1. The van der Waals surface area contributed by atoms with Crippen LogP contribution in [0.15, 0.2) is 55.0 Å². The first-order valence-corrected chi connectivity index (χ1v) is 9.67. The number of carbonyl (C=O) groups is 1. The first kappa shape index (κ1) is 17.4. The van der Waals surface area contributed by atoms with Gasteiger partial charge < -0.3 is 15.6 Å². The number of hydrogen-bond acceptors (Lipinski definition) is 4. The van der Waals surface area contributed by atoms with Crippen molar-refractivity contribution < 1.29 is 4.79 Å². The molecule has 6 heteroatoms. The van der Waals surface area contributed by atoms with E-state index in [0.717, 1.165) is 39.8 Å². The standard InChI is InChI=1S/C23H21N5O/c1-14-3-2-4-15(9-14)10-20(29)28-8-7-17-11-16(5-6-19(17)28)18-12-25-23-21(18)22(24)26-13-27-23/h2-6,9,11-13H,7-8,10H2,1H3,(H3,24,25,26,27). The second kappa shape index (κ2) is 6.74. The minimum atomic E-state index is 0.131. The number of amides is 1. The highest BCUT2D eigenvalue weighted by Crippen LogP contribution is 2.36. The van der Waals surface area contributed by atoms with Crippen LogP contribution in [0.1, 0.15) is 16.7 Å². The molecule has 1 aliphatic rings. The molecule has 0 radical (unpaired) electrons. The Bertz CT molecular complexity index is 1240. The van der Waals surface area contributed by atoms with E-state index in [9.17, 15) is 4.79 Å². The van der Waals surface area contributed by atoms with E-state index in [1.165, 1.54) is 17.5 Å². The van der Waals surface area contributed by atoms with Crippen molar-refractivity contribution in [3.8, 4) is 11.1 Å². The van der Waals surface area contributed by atoms with E-state index in [1.807, 2.05) is 48.4 Å². The third-order valence-electron chi connectivity index (χ3n) is 5.52. The molecule has 1 aliphatic heterocycles. The first-order chi connectivity index (χ1) is 14.1. The lowest BCUT2D eigenvalue weighted by Crippen LogP contribution is -2.30. The number of hydrogen-bond donors (Lipinski definition) is 2. The number of fused-ring (bicyclic) bond motifs is 2. The van der Waals surface area contributed by atoms with Gasteiger partial charge in [-0.2, -0.15) is 0 Å². The minimum absolute atomic E-state index is 0.131. The molecule has 0 bridgehead atoms. The van der Waals surface area contributed by atoms with Gasteiger partial charge in [-0.3, -0.25) is 4.79 Å². The number of nitrogens with one attached hydrogen (secondary N) is 1. The number of aromatic amines is 1. The highest BCUT2D eigenvalue weighted by Gasteiger charge is 2.25. The van der Waals surface area contributed by atoms with Crippen LogP contribution in [0.3, 0.4) is 0 Å². The molecule has 2 aromatic heterocycles. The lowest BCUT2D eigenvalue weighted by molar-refractivity contribution is -0.117. The Morgan fingerprint density at radius 1 is 1.21 bits per heavy atom. The van der Waals surface area contributed by atoms with E-state index < -0.39 is 0 Å². The summed E-state index contributed by atoms with van der Waals surface area (Å²) in [6, 6.07) is 14.3. The average Bonchev–Trinajstić information content (AvgIpc) is 3.32. The molecule has 0 saturated carbocycles. The van der Waals surface area contributed by atoms with Crippen LogP contribution in [0, 0.1) is 6.92 Å². The number of nitrogens with zero attached hydrogens (tertiary/aromatic N) is 3. The monoisotopic (exact) mass is 383 g/mol. The maximum absolute atomic E-state index is 12.9. The number of anilines is 2. The van der Waals surface area contributed by atoms with Gasteiger partial charge in [0, 0.05) is 24.0 Å². The Kier molecular flexibility index (Phi) is 4.05. The van der Waals surface area contributed by atoms with E-state index in [-0.39, 0.29) is 5.91 Å². The van der Waals surface area contributed by atoms with Crippen molar-refractivity contribution in [2.45, 2.75) is 19.8 Å². The van der Waals surface area contributed by atoms with Gasteiger partial charge in [-0.1, -0.05) is 35.9 Å². The van der Waals surface area contributed by atoms with E-state index in [0.29, 0.717) is 18.8 Å². The van der Waals surface area contributed by atoms with Gasteiger partial charge in [0.15, 0.2) is 0 Å². The van der Waals surface area contributed by atoms with Crippen molar-refractivity contribution in [1.82, 2.24) is 15.0 Å². The van der Waals surface area contributed by atoms with Crippen LogP contribution in [0.5, 0.6) is 0 Å². The number of rotatable bonds is 3. The zero-order valence-corrected chi connectivity index (χ0v) is 16.1. The minimum Gasteiger partial charge on any atom is -0.383 e. The Morgan fingerprint density at radius 3 is 2.97 bits per heavy atom. The second-order valence-electron chi connectivity index (χ2n) is 7.49. The van der Waals surface area contributed by atoms with E-state index in [1.54, 1.807) is 0 Å². The topological polar surface area (TPSA) is 87.9 Å². The molecule has 1 amide bonds. The summed E-state index contributed by atoms with van der Waals surface area (Å²) in [6.07, 6.45) is 4.63. The van der Waals surface area contributed by atoms with Crippen molar-refractivity contribution in [2.24, 2.45) is 0 Å². The van der Waals surface area contributed by atoms with Gasteiger partial charge in [0.1, 0.15) is 17.8 Å². The maximum Gasteiger partial charge on any atom is 0.231 e. The molecule has 6 nitrogen and oxygen atoms in total. The summed E-state index contributed by atoms with van der Waals surface area (Å²) in [5.74, 6) is 0.591. The van der Waals surface area contributed by atoms with Crippen LogP contribution >= 0.6 is 0 Å². The fourth-order valence-electron chi connectivity index (χ4n) is 4.14. The second-order valence-corrected chi connectivity index (χ2v) is 7.49. The van der Waals surface area contributed by atoms with Crippen molar-refractivity contribution >= 4 is 28.4 Å². The predicted molar refractivity (Wildman–Crippen MR) is 115 cm³/mol. The quantitative estimate of drug-likeness (QED) is 0.565. The lowest BCUT2D eigenvalue weighted by atomic mass is 10.0. The van der Waals surface area contributed by atoms with Crippen molar-refractivity contribution in [2.75, 3.05) is 17.2 Å². The smallest absolute Gasteiger partial charge is 0.231 e. The normalized spacial score (nSPS) is 13.1. The van der Waals surface area contributed by atoms with Crippen LogP contribution in [-0.2, 0) is 17.6 Å². The molecule has 5 rings (SSSR count). The summed E-state index contributed by atoms with van der Waals surface area (Å²) >= 11 is 0. The highest BCUT2D eigenvalue weighted by atomic mass is 16.2. The molecule has 4 aromatic rings. The summed E-state index contributed by atoms with van der Waals surface area (Å²) in [5.41, 5.74) is 13.2. The summed E-state index contributed by atoms with van der Waals surface area (Å²) < 4.78 is 0. The van der Waals surface area contributed by atoms with Crippen LogP contribution in [-0.4, -0.2) is 27.4 Å². The first-order valence-electron chi connectivity index (χ1n) is 9.67. The summed E-state index contributed by atoms with van der Waals surface area (Å²) in [7, 11) is 0. The number of carbonyl (C=O) groups excluding carboxylic acids is 1. The van der Waals surface area contributed by atoms with Crippen LogP contribution in [0.25, 0.3) is 22.2 Å². The van der Waals surface area contributed by atoms with Gasteiger partial charge in [-0.15, -0.1) is 0 Å². The van der Waals surface area contributed by atoms with Gasteiger partial charge >= 0.3 is 0 Å². The number of H-pyrrole nitrogens is 1. The van der Waals surface area contributed by atoms with Gasteiger partial charge in [-0.25, -0.2) is 9.97 Å². The number of nitrogen functional groups attached to an aromatic ring is 1. The molecule has 0 unspecified atom stereocenters. The molecular formula is C23H21N5O. The van der Waals surface area contributed by atoms with E-state index >= 15 is 0 Å². The Labute approximate surface area is 168 Å². The molecule has 3 N–H and O–H groups in total. The molecule has 0 saturated heterocycles. The summed E-state index contributed by atoms with van der Waals surface area (Å²) in [5, 5.41) is 0.831. The van der Waals surface area contributed by atoms with Crippen molar-refractivity contribution in [3.63, 3.8) is 0 Å².